The van der Waals surface area contributed by atoms with E-state index in [2.05, 4.69) is 4.98 Å². The lowest BCUT2D eigenvalue weighted by atomic mass is 10.0. The first-order valence-electron chi connectivity index (χ1n) is 5.80. The number of rotatable bonds is 2. The molecule has 0 aliphatic rings. The fourth-order valence-corrected chi connectivity index (χ4v) is 1.70. The predicted octanol–water partition coefficient (Wildman–Crippen LogP) is 3.23. The maximum atomic E-state index is 12.0. The van der Waals surface area contributed by atoms with Crippen molar-refractivity contribution < 1.29 is 9.53 Å². The maximum Gasteiger partial charge on any atom is 0.345 e. The molecule has 2 aromatic rings. The van der Waals surface area contributed by atoms with E-state index in [1.165, 1.54) is 0 Å². The van der Waals surface area contributed by atoms with Crippen LogP contribution < -0.4 is 4.74 Å². The summed E-state index contributed by atoms with van der Waals surface area (Å²) in [7, 11) is 0. The summed E-state index contributed by atoms with van der Waals surface area (Å²) in [6.45, 7) is 5.74. The summed E-state index contributed by atoms with van der Waals surface area (Å²) >= 11 is 0. The van der Waals surface area contributed by atoms with Gasteiger partial charge in [-0.15, -0.1) is 0 Å². The minimum atomic E-state index is -0.366. The van der Waals surface area contributed by atoms with Crippen LogP contribution in [0.3, 0.4) is 0 Å². The SMILES string of the molecule is Cc1cccc(OC(=O)c2cccc(C)c2C)n1. The van der Waals surface area contributed by atoms with E-state index in [0.717, 1.165) is 16.8 Å². The first kappa shape index (κ1) is 12.3. The molecule has 1 aromatic carbocycles. The summed E-state index contributed by atoms with van der Waals surface area (Å²) in [6.07, 6.45) is 0. The highest BCUT2D eigenvalue weighted by atomic mass is 16.5. The number of nitrogens with zero attached hydrogens (tertiary/aromatic N) is 1. The lowest BCUT2D eigenvalue weighted by molar-refractivity contribution is 0.0726. The van der Waals surface area contributed by atoms with Gasteiger partial charge in [-0.1, -0.05) is 18.2 Å². The Morgan fingerprint density at radius 3 is 2.50 bits per heavy atom. The summed E-state index contributed by atoms with van der Waals surface area (Å²) in [4.78, 5) is 16.2. The van der Waals surface area contributed by atoms with E-state index in [-0.39, 0.29) is 5.97 Å². The third kappa shape index (κ3) is 2.56. The number of ether oxygens (including phenoxy) is 1. The summed E-state index contributed by atoms with van der Waals surface area (Å²) in [5.41, 5.74) is 3.41. The molecule has 2 rings (SSSR count). The standard InChI is InChI=1S/C15H15NO2/c1-10-6-4-8-13(12(10)3)15(17)18-14-9-5-7-11(2)16-14/h4-9H,1-3H3. The van der Waals surface area contributed by atoms with Crippen molar-refractivity contribution in [2.45, 2.75) is 20.8 Å². The van der Waals surface area contributed by atoms with Crippen LogP contribution in [0.4, 0.5) is 0 Å². The molecular formula is C15H15NO2. The molecule has 18 heavy (non-hydrogen) atoms. The molecular weight excluding hydrogens is 226 g/mol. The first-order valence-corrected chi connectivity index (χ1v) is 5.80. The quantitative estimate of drug-likeness (QED) is 0.758. The Labute approximate surface area is 106 Å². The first-order chi connectivity index (χ1) is 8.58. The van der Waals surface area contributed by atoms with Crippen LogP contribution in [-0.4, -0.2) is 11.0 Å². The fraction of sp³-hybridized carbons (Fsp3) is 0.200. The Morgan fingerprint density at radius 1 is 1.06 bits per heavy atom. The van der Waals surface area contributed by atoms with E-state index in [9.17, 15) is 4.79 Å². The number of hydrogen-bond acceptors (Lipinski definition) is 3. The van der Waals surface area contributed by atoms with Crippen molar-refractivity contribution in [1.82, 2.24) is 4.98 Å². The molecule has 0 atom stereocenters. The second kappa shape index (κ2) is 5.00. The molecule has 0 spiro atoms. The van der Waals surface area contributed by atoms with Crippen LogP contribution in [0.15, 0.2) is 36.4 Å². The molecule has 3 nitrogen and oxygen atoms in total. The van der Waals surface area contributed by atoms with Crippen molar-refractivity contribution >= 4 is 5.97 Å². The van der Waals surface area contributed by atoms with Crippen molar-refractivity contribution in [3.05, 3.63) is 58.8 Å². The van der Waals surface area contributed by atoms with E-state index in [0.29, 0.717) is 11.4 Å². The maximum absolute atomic E-state index is 12.0. The van der Waals surface area contributed by atoms with E-state index in [4.69, 9.17) is 4.74 Å². The Morgan fingerprint density at radius 2 is 1.78 bits per heavy atom. The lowest BCUT2D eigenvalue weighted by Crippen LogP contribution is -2.11. The fourth-order valence-electron chi connectivity index (χ4n) is 1.70. The van der Waals surface area contributed by atoms with Crippen LogP contribution in [0.1, 0.15) is 27.2 Å². The van der Waals surface area contributed by atoms with Gasteiger partial charge in [0, 0.05) is 11.8 Å². The minimum Gasteiger partial charge on any atom is -0.404 e. The monoisotopic (exact) mass is 241 g/mol. The Balaban J connectivity index is 2.25. The van der Waals surface area contributed by atoms with E-state index in [1.807, 2.05) is 45.0 Å². The third-order valence-electron chi connectivity index (χ3n) is 2.88. The van der Waals surface area contributed by atoms with E-state index >= 15 is 0 Å². The van der Waals surface area contributed by atoms with Gasteiger partial charge in [0.15, 0.2) is 0 Å². The number of benzene rings is 1. The minimum absolute atomic E-state index is 0.334. The van der Waals surface area contributed by atoms with Gasteiger partial charge in [0.05, 0.1) is 5.56 Å². The average molecular weight is 241 g/mol. The number of carbonyl (C=O) groups is 1. The van der Waals surface area contributed by atoms with Gasteiger partial charge in [0.25, 0.3) is 0 Å². The Hall–Kier alpha value is -2.16. The number of carbonyl (C=O) groups excluding carboxylic acids is 1. The molecule has 0 unspecified atom stereocenters. The van der Waals surface area contributed by atoms with Gasteiger partial charge in [-0.05, 0) is 44.0 Å². The van der Waals surface area contributed by atoms with E-state index in [1.54, 1.807) is 12.1 Å². The molecule has 1 heterocycles. The second-order valence-corrected chi connectivity index (χ2v) is 4.25. The summed E-state index contributed by atoms with van der Waals surface area (Å²) in [6, 6.07) is 10.9. The van der Waals surface area contributed by atoms with Gasteiger partial charge >= 0.3 is 5.97 Å². The normalized spacial score (nSPS) is 10.2. The highest BCUT2D eigenvalue weighted by molar-refractivity contribution is 5.92. The number of hydrogen-bond donors (Lipinski definition) is 0. The molecule has 1 aromatic heterocycles. The zero-order valence-electron chi connectivity index (χ0n) is 10.7. The molecule has 0 N–H and O–H groups in total. The topological polar surface area (TPSA) is 39.2 Å². The Bertz CT molecular complexity index is 591. The number of aryl methyl sites for hydroxylation is 2. The summed E-state index contributed by atoms with van der Waals surface area (Å²) in [5, 5.41) is 0. The number of aromatic nitrogens is 1. The van der Waals surface area contributed by atoms with Crippen molar-refractivity contribution in [1.29, 1.82) is 0 Å². The van der Waals surface area contributed by atoms with Gasteiger partial charge in [0.1, 0.15) is 0 Å². The molecule has 0 aliphatic heterocycles. The highest BCUT2D eigenvalue weighted by Crippen LogP contribution is 2.15. The van der Waals surface area contributed by atoms with Crippen LogP contribution in [-0.2, 0) is 0 Å². The van der Waals surface area contributed by atoms with Crippen LogP contribution in [0.5, 0.6) is 5.88 Å². The zero-order chi connectivity index (χ0) is 13.1. The molecule has 0 fully saturated rings. The largest absolute Gasteiger partial charge is 0.404 e. The molecule has 3 heteroatoms. The van der Waals surface area contributed by atoms with Crippen LogP contribution in [0.25, 0.3) is 0 Å². The summed E-state index contributed by atoms with van der Waals surface area (Å²) in [5.74, 6) is -0.0322. The van der Waals surface area contributed by atoms with Gasteiger partial charge in [-0.3, -0.25) is 0 Å². The molecule has 0 bridgehead atoms. The Kier molecular flexibility index (Phi) is 3.42. The van der Waals surface area contributed by atoms with Crippen LogP contribution >= 0.6 is 0 Å². The highest BCUT2D eigenvalue weighted by Gasteiger charge is 2.13. The molecule has 0 aliphatic carbocycles. The molecule has 0 saturated carbocycles. The number of pyridine rings is 1. The smallest absolute Gasteiger partial charge is 0.345 e. The zero-order valence-corrected chi connectivity index (χ0v) is 10.7. The molecule has 92 valence electrons. The van der Waals surface area contributed by atoms with Crippen molar-refractivity contribution in [3.63, 3.8) is 0 Å². The molecule has 0 amide bonds. The van der Waals surface area contributed by atoms with Crippen molar-refractivity contribution in [2.75, 3.05) is 0 Å². The van der Waals surface area contributed by atoms with Crippen molar-refractivity contribution in [2.24, 2.45) is 0 Å². The predicted molar refractivity (Wildman–Crippen MR) is 69.8 cm³/mol. The van der Waals surface area contributed by atoms with Gasteiger partial charge in [-0.2, -0.15) is 0 Å². The van der Waals surface area contributed by atoms with Gasteiger partial charge < -0.3 is 4.74 Å². The second-order valence-electron chi connectivity index (χ2n) is 4.25. The van der Waals surface area contributed by atoms with E-state index < -0.39 is 0 Å². The number of esters is 1. The summed E-state index contributed by atoms with van der Waals surface area (Å²) < 4.78 is 5.27. The van der Waals surface area contributed by atoms with Crippen molar-refractivity contribution in [3.8, 4) is 5.88 Å². The third-order valence-corrected chi connectivity index (χ3v) is 2.88. The average Bonchev–Trinajstić information content (AvgIpc) is 2.32. The van der Waals surface area contributed by atoms with Crippen LogP contribution in [0, 0.1) is 20.8 Å². The molecule has 0 radical (unpaired) electrons. The van der Waals surface area contributed by atoms with Gasteiger partial charge in [0.2, 0.25) is 5.88 Å². The van der Waals surface area contributed by atoms with Crippen LogP contribution in [0.2, 0.25) is 0 Å². The lowest BCUT2D eigenvalue weighted by Gasteiger charge is -2.08. The molecule has 0 saturated heterocycles. The van der Waals surface area contributed by atoms with Gasteiger partial charge in [-0.25, -0.2) is 9.78 Å².